The maximum absolute atomic E-state index is 12.4. The van der Waals surface area contributed by atoms with Crippen LogP contribution < -0.4 is 0 Å². The first-order chi connectivity index (χ1) is 10.9. The minimum atomic E-state index is -0.959. The quantitative estimate of drug-likeness (QED) is 0.874. The van der Waals surface area contributed by atoms with Gasteiger partial charge in [0.2, 0.25) is 5.91 Å². The zero-order chi connectivity index (χ0) is 17.0. The van der Waals surface area contributed by atoms with Crippen molar-refractivity contribution in [2.24, 2.45) is 0 Å². The second-order valence-corrected chi connectivity index (χ2v) is 6.39. The fourth-order valence-electron chi connectivity index (χ4n) is 2.94. The molecule has 0 spiro atoms. The molecule has 2 atom stereocenters. The summed E-state index contributed by atoms with van der Waals surface area (Å²) in [7, 11) is 1.55. The zero-order valence-corrected chi connectivity index (χ0v) is 14.0. The van der Waals surface area contributed by atoms with Crippen molar-refractivity contribution in [2.75, 3.05) is 13.7 Å². The molecule has 0 radical (unpaired) electrons. The molecule has 1 aliphatic heterocycles. The number of carbonyl (C=O) groups is 2. The first-order valence-corrected chi connectivity index (χ1v) is 8.06. The standard InChI is InChI=1S/C18H25NO4/c1-12(2)14-7-4-13(5-8-14)6-9-17(20)19-11-15(23-3)10-16(19)18(21)22/h4-5,7-8,12,15-16H,6,9-11H2,1-3H3,(H,21,22). The van der Waals surface area contributed by atoms with Crippen molar-refractivity contribution in [1.29, 1.82) is 0 Å². The van der Waals surface area contributed by atoms with Crippen LogP contribution in [0.4, 0.5) is 0 Å². The number of aryl methyl sites for hydroxylation is 1. The molecule has 1 fully saturated rings. The Balaban J connectivity index is 1.94. The maximum atomic E-state index is 12.4. The van der Waals surface area contributed by atoms with Crippen LogP contribution >= 0.6 is 0 Å². The molecule has 1 heterocycles. The number of ether oxygens (including phenoxy) is 1. The Bertz CT molecular complexity index is 553. The van der Waals surface area contributed by atoms with Gasteiger partial charge in [-0.05, 0) is 23.5 Å². The summed E-state index contributed by atoms with van der Waals surface area (Å²) in [6.45, 7) is 4.65. The molecular weight excluding hydrogens is 294 g/mol. The third kappa shape index (κ3) is 4.32. The van der Waals surface area contributed by atoms with Gasteiger partial charge in [0.25, 0.3) is 0 Å². The predicted octanol–water partition coefficient (Wildman–Crippen LogP) is 2.44. The molecule has 1 N–H and O–H groups in total. The topological polar surface area (TPSA) is 66.8 Å². The zero-order valence-electron chi connectivity index (χ0n) is 14.0. The summed E-state index contributed by atoms with van der Waals surface area (Å²) in [5, 5.41) is 9.26. The number of carbonyl (C=O) groups excluding carboxylic acids is 1. The number of methoxy groups -OCH3 is 1. The normalized spacial score (nSPS) is 21.0. The van der Waals surface area contributed by atoms with E-state index in [9.17, 15) is 14.7 Å². The maximum Gasteiger partial charge on any atom is 0.326 e. The van der Waals surface area contributed by atoms with Gasteiger partial charge in [0.15, 0.2) is 0 Å². The second kappa shape index (κ2) is 7.59. The summed E-state index contributed by atoms with van der Waals surface area (Å²) in [4.78, 5) is 25.1. The van der Waals surface area contributed by atoms with Gasteiger partial charge >= 0.3 is 5.97 Å². The molecule has 2 unspecified atom stereocenters. The highest BCUT2D eigenvalue weighted by Crippen LogP contribution is 2.22. The highest BCUT2D eigenvalue weighted by atomic mass is 16.5. The van der Waals surface area contributed by atoms with Crippen LogP contribution in [0.25, 0.3) is 0 Å². The molecule has 1 aromatic carbocycles. The SMILES string of the molecule is COC1CC(C(=O)O)N(C(=O)CCc2ccc(C(C)C)cc2)C1. The largest absolute Gasteiger partial charge is 0.480 e. The van der Waals surface area contributed by atoms with Gasteiger partial charge in [-0.1, -0.05) is 38.1 Å². The van der Waals surface area contributed by atoms with E-state index in [0.717, 1.165) is 5.56 Å². The Labute approximate surface area is 137 Å². The average molecular weight is 319 g/mol. The first kappa shape index (κ1) is 17.5. The number of benzene rings is 1. The van der Waals surface area contributed by atoms with Gasteiger partial charge in [-0.15, -0.1) is 0 Å². The van der Waals surface area contributed by atoms with E-state index in [1.54, 1.807) is 7.11 Å². The molecule has 1 saturated heterocycles. The van der Waals surface area contributed by atoms with Crippen molar-refractivity contribution in [3.8, 4) is 0 Å². The Hall–Kier alpha value is -1.88. The van der Waals surface area contributed by atoms with Crippen LogP contribution in [0.15, 0.2) is 24.3 Å². The number of carboxylic acid groups (broad SMARTS) is 1. The van der Waals surface area contributed by atoms with Crippen LogP contribution in [0.1, 0.15) is 43.7 Å². The van der Waals surface area contributed by atoms with Gasteiger partial charge < -0.3 is 14.7 Å². The van der Waals surface area contributed by atoms with Gasteiger partial charge in [0.1, 0.15) is 6.04 Å². The molecule has 0 saturated carbocycles. The Kier molecular flexibility index (Phi) is 5.77. The second-order valence-electron chi connectivity index (χ2n) is 6.39. The number of amides is 1. The average Bonchev–Trinajstić information content (AvgIpc) is 2.97. The van der Waals surface area contributed by atoms with E-state index in [0.29, 0.717) is 31.7 Å². The van der Waals surface area contributed by atoms with Crippen molar-refractivity contribution in [3.63, 3.8) is 0 Å². The van der Waals surface area contributed by atoms with Crippen LogP contribution in [0, 0.1) is 0 Å². The molecule has 1 amide bonds. The Morgan fingerprint density at radius 2 is 1.96 bits per heavy atom. The summed E-state index contributed by atoms with van der Waals surface area (Å²) < 4.78 is 5.21. The lowest BCUT2D eigenvalue weighted by molar-refractivity contribution is -0.148. The third-order valence-electron chi connectivity index (χ3n) is 4.48. The fourth-order valence-corrected chi connectivity index (χ4v) is 2.94. The number of aliphatic carboxylic acids is 1. The number of likely N-dealkylation sites (tertiary alicyclic amines) is 1. The van der Waals surface area contributed by atoms with E-state index < -0.39 is 12.0 Å². The summed E-state index contributed by atoms with van der Waals surface area (Å²) in [6, 6.07) is 7.48. The van der Waals surface area contributed by atoms with Crippen molar-refractivity contribution in [1.82, 2.24) is 4.90 Å². The van der Waals surface area contributed by atoms with Crippen LogP contribution in [-0.2, 0) is 20.7 Å². The van der Waals surface area contributed by atoms with Crippen LogP contribution in [-0.4, -0.2) is 47.7 Å². The fraction of sp³-hybridized carbons (Fsp3) is 0.556. The number of rotatable bonds is 6. The number of hydrogen-bond acceptors (Lipinski definition) is 3. The molecule has 1 aromatic rings. The summed E-state index contributed by atoms with van der Waals surface area (Å²) >= 11 is 0. The van der Waals surface area contributed by atoms with Crippen molar-refractivity contribution in [3.05, 3.63) is 35.4 Å². The highest BCUT2D eigenvalue weighted by Gasteiger charge is 2.39. The molecule has 5 heteroatoms. The van der Waals surface area contributed by atoms with E-state index in [2.05, 4.69) is 26.0 Å². The first-order valence-electron chi connectivity index (χ1n) is 8.06. The molecular formula is C18H25NO4. The predicted molar refractivity (Wildman–Crippen MR) is 87.4 cm³/mol. The van der Waals surface area contributed by atoms with Gasteiger partial charge in [-0.25, -0.2) is 4.79 Å². The minimum Gasteiger partial charge on any atom is -0.480 e. The van der Waals surface area contributed by atoms with Gasteiger partial charge in [-0.3, -0.25) is 4.79 Å². The van der Waals surface area contributed by atoms with E-state index in [1.165, 1.54) is 10.5 Å². The number of hydrogen-bond donors (Lipinski definition) is 1. The highest BCUT2D eigenvalue weighted by molar-refractivity contribution is 5.84. The van der Waals surface area contributed by atoms with Gasteiger partial charge in [0.05, 0.1) is 6.10 Å². The van der Waals surface area contributed by atoms with Gasteiger partial charge in [-0.2, -0.15) is 0 Å². The van der Waals surface area contributed by atoms with Crippen LogP contribution in [0.2, 0.25) is 0 Å². The van der Waals surface area contributed by atoms with Gasteiger partial charge in [0, 0.05) is 26.5 Å². The van der Waals surface area contributed by atoms with Crippen molar-refractivity contribution < 1.29 is 19.4 Å². The Morgan fingerprint density at radius 3 is 2.48 bits per heavy atom. The molecule has 0 aliphatic carbocycles. The lowest BCUT2D eigenvalue weighted by Gasteiger charge is -2.21. The molecule has 5 nitrogen and oxygen atoms in total. The summed E-state index contributed by atoms with van der Waals surface area (Å²) in [5.41, 5.74) is 2.37. The number of carboxylic acids is 1. The number of nitrogens with zero attached hydrogens (tertiary/aromatic N) is 1. The van der Waals surface area contributed by atoms with E-state index >= 15 is 0 Å². The van der Waals surface area contributed by atoms with Crippen molar-refractivity contribution >= 4 is 11.9 Å². The Morgan fingerprint density at radius 1 is 1.30 bits per heavy atom. The lowest BCUT2D eigenvalue weighted by atomic mass is 10.00. The minimum absolute atomic E-state index is 0.120. The third-order valence-corrected chi connectivity index (χ3v) is 4.48. The molecule has 0 aromatic heterocycles. The molecule has 23 heavy (non-hydrogen) atoms. The lowest BCUT2D eigenvalue weighted by Crippen LogP contribution is -2.40. The summed E-state index contributed by atoms with van der Waals surface area (Å²) in [6.07, 6.45) is 1.12. The van der Waals surface area contributed by atoms with Crippen LogP contribution in [0.3, 0.4) is 0 Å². The molecule has 126 valence electrons. The van der Waals surface area contributed by atoms with E-state index in [1.807, 2.05) is 12.1 Å². The molecule has 1 aliphatic rings. The smallest absolute Gasteiger partial charge is 0.326 e. The molecule has 2 rings (SSSR count). The van der Waals surface area contributed by atoms with Crippen molar-refractivity contribution in [2.45, 2.75) is 51.2 Å². The van der Waals surface area contributed by atoms with Crippen LogP contribution in [0.5, 0.6) is 0 Å². The molecule has 0 bridgehead atoms. The summed E-state index contributed by atoms with van der Waals surface area (Å²) in [5.74, 6) is -0.596. The van der Waals surface area contributed by atoms with E-state index in [4.69, 9.17) is 4.74 Å². The van der Waals surface area contributed by atoms with E-state index in [-0.39, 0.29) is 12.0 Å². The monoisotopic (exact) mass is 319 g/mol.